The van der Waals surface area contributed by atoms with Crippen LogP contribution in [0.5, 0.6) is 0 Å². The van der Waals surface area contributed by atoms with Crippen LogP contribution in [0.4, 0.5) is 18.0 Å². The van der Waals surface area contributed by atoms with Gasteiger partial charge in [0.1, 0.15) is 12.4 Å². The predicted molar refractivity (Wildman–Crippen MR) is 129 cm³/mol. The van der Waals surface area contributed by atoms with Gasteiger partial charge in [-0.05, 0) is 30.6 Å². The highest BCUT2D eigenvalue weighted by Gasteiger charge is 2.50. The van der Waals surface area contributed by atoms with E-state index in [0.717, 1.165) is 6.92 Å². The Hall–Kier alpha value is -2.38. The topological polar surface area (TPSA) is 99.2 Å². The van der Waals surface area contributed by atoms with Gasteiger partial charge in [-0.1, -0.05) is 51.1 Å². The maximum atomic E-state index is 13.0. The Labute approximate surface area is 210 Å². The number of carbonyl (C=O) groups excluding carboxylic acids is 2. The number of ether oxygens (including phenoxy) is 1. The molecule has 1 unspecified atom stereocenters. The quantitative estimate of drug-likeness (QED) is 0.251. The molecule has 202 valence electrons. The Morgan fingerprint density at radius 3 is 2.19 bits per heavy atom. The van der Waals surface area contributed by atoms with Crippen LogP contribution in [0.15, 0.2) is 41.7 Å². The van der Waals surface area contributed by atoms with Crippen LogP contribution in [0, 0.1) is 0 Å². The summed E-state index contributed by atoms with van der Waals surface area (Å²) < 4.78 is 78.3. The van der Waals surface area contributed by atoms with E-state index in [1.54, 1.807) is 30.3 Å². The van der Waals surface area contributed by atoms with Gasteiger partial charge in [0.15, 0.2) is 14.1 Å². The van der Waals surface area contributed by atoms with Crippen molar-refractivity contribution in [2.24, 2.45) is 0 Å². The highest BCUT2D eigenvalue weighted by atomic mass is 32.2. The Morgan fingerprint density at radius 2 is 1.69 bits per heavy atom. The van der Waals surface area contributed by atoms with Crippen LogP contribution in [0.3, 0.4) is 0 Å². The Morgan fingerprint density at radius 1 is 1.11 bits per heavy atom. The first-order valence-corrected chi connectivity index (χ1v) is 15.5. The van der Waals surface area contributed by atoms with Crippen LogP contribution < -0.4 is 0 Å². The number of benzene rings is 1. The molecular formula is C23H32F3NO7SSi. The Bertz CT molecular complexity index is 1100. The summed E-state index contributed by atoms with van der Waals surface area (Å²) in [4.78, 5) is 26.4. The Balaban J connectivity index is 2.38. The summed E-state index contributed by atoms with van der Waals surface area (Å²) >= 11 is 0. The number of carbonyl (C=O) groups is 2. The first-order chi connectivity index (χ1) is 16.4. The first-order valence-electron chi connectivity index (χ1n) is 11.2. The third-order valence-corrected chi connectivity index (χ3v) is 11.8. The van der Waals surface area contributed by atoms with E-state index >= 15 is 0 Å². The van der Waals surface area contributed by atoms with E-state index < -0.39 is 60.6 Å². The minimum atomic E-state index is -6.01. The normalized spacial score (nSPS) is 17.7. The summed E-state index contributed by atoms with van der Waals surface area (Å²) in [5, 5.41) is -0.209. The van der Waals surface area contributed by atoms with Gasteiger partial charge in [0.25, 0.3) is 0 Å². The highest BCUT2D eigenvalue weighted by Crippen LogP contribution is 2.38. The summed E-state index contributed by atoms with van der Waals surface area (Å²) in [6.07, 6.45) is -1.29. The minimum absolute atomic E-state index is 0.0725. The maximum Gasteiger partial charge on any atom is 0.534 e. The second kappa shape index (κ2) is 10.9. The van der Waals surface area contributed by atoms with Crippen LogP contribution in [0.1, 0.15) is 39.7 Å². The van der Waals surface area contributed by atoms with Crippen LogP contribution >= 0.6 is 0 Å². The molecule has 0 fully saturated rings. The number of ketones is 1. The molecule has 2 rings (SSSR count). The number of amides is 1. The molecule has 1 aliphatic rings. The molecule has 1 aliphatic heterocycles. The number of alkyl halides is 3. The molecule has 0 N–H and O–H groups in total. The molecule has 0 aromatic heterocycles. The van der Waals surface area contributed by atoms with Gasteiger partial charge in [0.2, 0.25) is 0 Å². The molecule has 1 amide bonds. The van der Waals surface area contributed by atoms with E-state index in [4.69, 9.17) is 9.16 Å². The van der Waals surface area contributed by atoms with Crippen molar-refractivity contribution in [3.05, 3.63) is 47.2 Å². The summed E-state index contributed by atoms with van der Waals surface area (Å²) in [7, 11) is -8.38. The fourth-order valence-corrected chi connectivity index (χ4v) is 4.66. The zero-order valence-corrected chi connectivity index (χ0v) is 23.0. The standard InChI is InChI=1S/C23H32F3NO7SSi/c1-16(28)19-13-27(21(29)32-14-17-10-8-7-9-11-17)18(15-33-36(5,6)22(2,3)4)12-20(19)34-35(30,31)23(24,25)26/h7-11,18H,12-15H2,1-6H3. The van der Waals surface area contributed by atoms with Gasteiger partial charge in [-0.15, -0.1) is 0 Å². The SMILES string of the molecule is CC(=O)C1=C(OS(=O)(=O)C(F)(F)F)CC(CO[Si](C)(C)C(C)(C)C)N(C(=O)OCc2ccccc2)C1. The van der Waals surface area contributed by atoms with Gasteiger partial charge < -0.3 is 13.3 Å². The lowest BCUT2D eigenvalue weighted by Gasteiger charge is -2.41. The van der Waals surface area contributed by atoms with Crippen molar-refractivity contribution in [2.45, 2.75) is 70.4 Å². The third-order valence-electron chi connectivity index (χ3n) is 6.33. The summed E-state index contributed by atoms with van der Waals surface area (Å²) in [6, 6.07) is 7.89. The maximum absolute atomic E-state index is 13.0. The fourth-order valence-electron chi connectivity index (χ4n) is 3.09. The number of halogens is 3. The van der Waals surface area contributed by atoms with E-state index in [9.17, 15) is 31.2 Å². The molecule has 0 radical (unpaired) electrons. The number of hydrogen-bond acceptors (Lipinski definition) is 7. The van der Waals surface area contributed by atoms with Crippen molar-refractivity contribution in [1.29, 1.82) is 0 Å². The lowest BCUT2D eigenvalue weighted by atomic mass is 9.99. The summed E-state index contributed by atoms with van der Waals surface area (Å²) in [5.41, 5.74) is -5.33. The van der Waals surface area contributed by atoms with E-state index in [1.807, 2.05) is 33.9 Å². The first kappa shape index (κ1) is 29.8. The van der Waals surface area contributed by atoms with Crippen molar-refractivity contribution < 1.29 is 44.5 Å². The van der Waals surface area contributed by atoms with Crippen LogP contribution in [0.25, 0.3) is 0 Å². The summed E-state index contributed by atoms with van der Waals surface area (Å²) in [5.74, 6) is -1.39. The van der Waals surface area contributed by atoms with Crippen LogP contribution in [-0.4, -0.2) is 58.2 Å². The fraction of sp³-hybridized carbons (Fsp3) is 0.565. The number of rotatable bonds is 8. The third kappa shape index (κ3) is 7.32. The van der Waals surface area contributed by atoms with Crippen molar-refractivity contribution in [3.8, 4) is 0 Å². The smallest absolute Gasteiger partial charge is 0.445 e. The van der Waals surface area contributed by atoms with Gasteiger partial charge in [-0.25, -0.2) is 4.79 Å². The molecule has 0 spiro atoms. The number of nitrogens with zero attached hydrogens (tertiary/aromatic N) is 1. The zero-order valence-electron chi connectivity index (χ0n) is 21.1. The van der Waals surface area contributed by atoms with Gasteiger partial charge in [-0.2, -0.15) is 21.6 Å². The second-order valence-electron chi connectivity index (χ2n) is 10.0. The van der Waals surface area contributed by atoms with E-state index in [-0.39, 0.29) is 23.8 Å². The van der Waals surface area contributed by atoms with Crippen molar-refractivity contribution >= 4 is 30.3 Å². The number of Topliss-reactive ketones (excluding diaryl/α,β-unsaturated/α-hetero) is 1. The highest BCUT2D eigenvalue weighted by molar-refractivity contribution is 7.87. The van der Waals surface area contributed by atoms with Gasteiger partial charge in [-0.3, -0.25) is 9.69 Å². The van der Waals surface area contributed by atoms with Gasteiger partial charge in [0, 0.05) is 6.42 Å². The molecular weight excluding hydrogens is 519 g/mol. The molecule has 0 saturated heterocycles. The molecule has 8 nitrogen and oxygen atoms in total. The summed E-state index contributed by atoms with van der Waals surface area (Å²) in [6.45, 7) is 10.3. The second-order valence-corrected chi connectivity index (χ2v) is 16.4. The van der Waals surface area contributed by atoms with Crippen molar-refractivity contribution in [3.63, 3.8) is 0 Å². The molecule has 1 heterocycles. The van der Waals surface area contributed by atoms with Gasteiger partial charge in [0.05, 0.1) is 24.8 Å². The molecule has 0 saturated carbocycles. The van der Waals surface area contributed by atoms with Crippen molar-refractivity contribution in [2.75, 3.05) is 13.2 Å². The molecule has 1 aromatic carbocycles. The van der Waals surface area contributed by atoms with Crippen LogP contribution in [-0.2, 0) is 34.9 Å². The zero-order chi connectivity index (χ0) is 27.5. The average Bonchev–Trinajstić information content (AvgIpc) is 2.74. The predicted octanol–water partition coefficient (Wildman–Crippen LogP) is 5.13. The monoisotopic (exact) mass is 551 g/mol. The minimum Gasteiger partial charge on any atom is -0.445 e. The van der Waals surface area contributed by atoms with Gasteiger partial charge >= 0.3 is 21.7 Å². The largest absolute Gasteiger partial charge is 0.534 e. The average molecular weight is 552 g/mol. The van der Waals surface area contributed by atoms with E-state index in [0.29, 0.717) is 5.56 Å². The lowest BCUT2D eigenvalue weighted by Crippen LogP contribution is -2.51. The Kier molecular flexibility index (Phi) is 9.06. The van der Waals surface area contributed by atoms with E-state index in [1.165, 1.54) is 4.90 Å². The molecule has 0 aliphatic carbocycles. The number of hydrogen-bond donors (Lipinski definition) is 0. The lowest BCUT2D eigenvalue weighted by molar-refractivity contribution is -0.114. The molecule has 0 bridgehead atoms. The molecule has 36 heavy (non-hydrogen) atoms. The van der Waals surface area contributed by atoms with E-state index in [2.05, 4.69) is 4.18 Å². The van der Waals surface area contributed by atoms with Crippen molar-refractivity contribution in [1.82, 2.24) is 4.90 Å². The molecule has 1 atom stereocenters. The molecule has 1 aromatic rings. The van der Waals surface area contributed by atoms with Crippen LogP contribution in [0.2, 0.25) is 18.1 Å². The molecule has 13 heteroatoms.